The first-order valence-corrected chi connectivity index (χ1v) is 10.7. The fourth-order valence-electron chi connectivity index (χ4n) is 2.88. The molecule has 3 N–H and O–H groups in total. The van der Waals surface area contributed by atoms with E-state index in [4.69, 9.17) is 16.3 Å². The Morgan fingerprint density at radius 3 is 2.72 bits per heavy atom. The molecule has 0 aromatic heterocycles. The van der Waals surface area contributed by atoms with Crippen LogP contribution in [-0.4, -0.2) is 33.9 Å². The van der Waals surface area contributed by atoms with Crippen LogP contribution in [-0.2, 0) is 26.0 Å². The van der Waals surface area contributed by atoms with E-state index >= 15 is 0 Å². The fourth-order valence-corrected chi connectivity index (χ4v) is 4.22. The lowest BCUT2D eigenvalue weighted by Crippen LogP contribution is -2.28. The molecule has 1 aliphatic heterocycles. The maximum Gasteiger partial charge on any atom is 0.240 e. The molecule has 154 valence electrons. The molecule has 0 fully saturated rings. The maximum atomic E-state index is 12.5. The van der Waals surface area contributed by atoms with E-state index in [-0.39, 0.29) is 29.7 Å². The summed E-state index contributed by atoms with van der Waals surface area (Å²) >= 11 is 6.01. The van der Waals surface area contributed by atoms with Crippen LogP contribution in [0.2, 0.25) is 5.02 Å². The van der Waals surface area contributed by atoms with Gasteiger partial charge in [0.1, 0.15) is 5.75 Å². The molecule has 2 amide bonds. The highest BCUT2D eigenvalue weighted by Gasteiger charge is 2.20. The van der Waals surface area contributed by atoms with Crippen LogP contribution >= 0.6 is 11.6 Å². The molecule has 0 unspecified atom stereocenters. The first kappa shape index (κ1) is 21.1. The Morgan fingerprint density at radius 1 is 1.21 bits per heavy atom. The number of carbonyl (C=O) groups excluding carboxylic acids is 2. The van der Waals surface area contributed by atoms with Gasteiger partial charge in [0.2, 0.25) is 21.8 Å². The zero-order valence-electron chi connectivity index (χ0n) is 15.6. The molecule has 10 heteroatoms. The smallest absolute Gasteiger partial charge is 0.240 e. The monoisotopic (exact) mass is 437 g/mol. The number of sulfonamides is 1. The van der Waals surface area contributed by atoms with Crippen LogP contribution in [0.5, 0.6) is 5.75 Å². The Balaban J connectivity index is 1.56. The molecule has 0 atom stereocenters. The van der Waals surface area contributed by atoms with Crippen LogP contribution in [0.3, 0.4) is 0 Å². The second-order valence-corrected chi connectivity index (χ2v) is 8.59. The summed E-state index contributed by atoms with van der Waals surface area (Å²) in [5.41, 5.74) is 1.87. The summed E-state index contributed by atoms with van der Waals surface area (Å²) in [6, 6.07) is 9.34. The van der Waals surface area contributed by atoms with Crippen LogP contribution in [0.15, 0.2) is 41.3 Å². The average molecular weight is 438 g/mol. The third-order valence-electron chi connectivity index (χ3n) is 4.36. The zero-order valence-corrected chi connectivity index (χ0v) is 17.2. The summed E-state index contributed by atoms with van der Waals surface area (Å²) in [7, 11) is -2.28. The molecule has 0 saturated carbocycles. The molecular formula is C19H20ClN3O5S. The first-order chi connectivity index (χ1) is 13.8. The minimum absolute atomic E-state index is 0.0517. The van der Waals surface area contributed by atoms with Gasteiger partial charge in [-0.15, -0.1) is 0 Å². The number of halogens is 1. The number of hydrogen-bond acceptors (Lipinski definition) is 5. The molecule has 1 aliphatic rings. The molecule has 2 aromatic rings. The van der Waals surface area contributed by atoms with Crippen LogP contribution in [0.4, 0.5) is 11.4 Å². The average Bonchev–Trinajstić information content (AvgIpc) is 2.67. The lowest BCUT2D eigenvalue weighted by molar-refractivity contribution is -0.117. The van der Waals surface area contributed by atoms with Crippen LogP contribution < -0.4 is 20.1 Å². The van der Waals surface area contributed by atoms with E-state index in [1.165, 1.54) is 19.2 Å². The predicted octanol–water partition coefficient (Wildman–Crippen LogP) is 2.54. The Labute approximate surface area is 173 Å². The van der Waals surface area contributed by atoms with Gasteiger partial charge in [-0.2, -0.15) is 0 Å². The molecule has 0 bridgehead atoms. The van der Waals surface area contributed by atoms with Crippen molar-refractivity contribution < 1.29 is 22.7 Å². The summed E-state index contributed by atoms with van der Waals surface area (Å²) < 4.78 is 32.4. The number of methoxy groups -OCH3 is 1. The number of ether oxygens (including phenoxy) is 1. The van der Waals surface area contributed by atoms with E-state index in [1.54, 1.807) is 24.3 Å². The molecular weight excluding hydrogens is 418 g/mol. The number of rotatable bonds is 7. The normalized spacial score (nSPS) is 13.4. The minimum Gasteiger partial charge on any atom is -0.495 e. The molecule has 0 aliphatic carbocycles. The van der Waals surface area contributed by atoms with Gasteiger partial charge in [-0.25, -0.2) is 13.1 Å². The van der Waals surface area contributed by atoms with E-state index < -0.39 is 10.0 Å². The van der Waals surface area contributed by atoms with Gasteiger partial charge in [0.15, 0.2) is 0 Å². The molecule has 0 radical (unpaired) electrons. The highest BCUT2D eigenvalue weighted by Crippen LogP contribution is 2.27. The summed E-state index contributed by atoms with van der Waals surface area (Å²) in [4.78, 5) is 23.6. The van der Waals surface area contributed by atoms with E-state index in [1.807, 2.05) is 0 Å². The van der Waals surface area contributed by atoms with Crippen molar-refractivity contribution in [3.05, 3.63) is 47.0 Å². The first-order valence-electron chi connectivity index (χ1n) is 8.84. The van der Waals surface area contributed by atoms with E-state index in [9.17, 15) is 18.0 Å². The van der Waals surface area contributed by atoms with E-state index in [0.29, 0.717) is 35.0 Å². The second-order valence-electron chi connectivity index (χ2n) is 6.41. The Hall–Kier alpha value is -2.62. The standard InChI is InChI=1S/C19H20ClN3O5S/c1-28-17-6-3-13(11-15(17)20)22-19(25)8-9-21-29(26,27)14-4-5-16-12(10-14)2-7-18(24)23-16/h3-6,10-11,21H,2,7-9H2,1H3,(H,22,25)(H,23,24). The highest BCUT2D eigenvalue weighted by molar-refractivity contribution is 7.89. The van der Waals surface area contributed by atoms with E-state index in [0.717, 1.165) is 5.56 Å². The second kappa shape index (κ2) is 8.81. The van der Waals surface area contributed by atoms with Crippen molar-refractivity contribution in [1.29, 1.82) is 0 Å². The number of amides is 2. The number of benzene rings is 2. The minimum atomic E-state index is -3.77. The predicted molar refractivity (Wildman–Crippen MR) is 110 cm³/mol. The van der Waals surface area contributed by atoms with Crippen molar-refractivity contribution in [3.8, 4) is 5.75 Å². The summed E-state index contributed by atoms with van der Waals surface area (Å²) in [6.07, 6.45) is 0.751. The molecule has 29 heavy (non-hydrogen) atoms. The lowest BCUT2D eigenvalue weighted by Gasteiger charge is -2.17. The quantitative estimate of drug-likeness (QED) is 0.616. The zero-order chi connectivity index (χ0) is 21.0. The maximum absolute atomic E-state index is 12.5. The number of nitrogens with one attached hydrogen (secondary N) is 3. The van der Waals surface area contributed by atoms with Gasteiger partial charge in [0.25, 0.3) is 0 Å². The van der Waals surface area contributed by atoms with Crippen molar-refractivity contribution in [2.24, 2.45) is 0 Å². The third kappa shape index (κ3) is 5.26. The lowest BCUT2D eigenvalue weighted by atomic mass is 10.0. The number of anilines is 2. The topological polar surface area (TPSA) is 114 Å². The van der Waals surface area contributed by atoms with Gasteiger partial charge >= 0.3 is 0 Å². The molecule has 0 spiro atoms. The summed E-state index contributed by atoms with van der Waals surface area (Å²) in [5.74, 6) is 0.0412. The van der Waals surface area contributed by atoms with Crippen LogP contribution in [0.1, 0.15) is 18.4 Å². The number of fused-ring (bicyclic) bond motifs is 1. The van der Waals surface area contributed by atoms with Crippen LogP contribution in [0, 0.1) is 0 Å². The van der Waals surface area contributed by atoms with Crippen LogP contribution in [0.25, 0.3) is 0 Å². The Bertz CT molecular complexity index is 1060. The molecule has 1 heterocycles. The number of aryl methyl sites for hydroxylation is 1. The number of carbonyl (C=O) groups is 2. The molecule has 2 aromatic carbocycles. The molecule has 3 rings (SSSR count). The van der Waals surface area contributed by atoms with Gasteiger partial charge < -0.3 is 15.4 Å². The largest absolute Gasteiger partial charge is 0.495 e. The number of hydrogen-bond donors (Lipinski definition) is 3. The van der Waals surface area contributed by atoms with Crippen molar-refractivity contribution in [1.82, 2.24) is 4.72 Å². The fraction of sp³-hybridized carbons (Fsp3) is 0.263. The van der Waals surface area contributed by atoms with E-state index in [2.05, 4.69) is 15.4 Å². The van der Waals surface area contributed by atoms with Crippen molar-refractivity contribution in [2.75, 3.05) is 24.3 Å². The van der Waals surface area contributed by atoms with Gasteiger partial charge in [-0.1, -0.05) is 11.6 Å². The summed E-state index contributed by atoms with van der Waals surface area (Å²) in [5, 5.41) is 5.71. The SMILES string of the molecule is COc1ccc(NC(=O)CCNS(=O)(=O)c2ccc3c(c2)CCC(=O)N3)cc1Cl. The molecule has 8 nitrogen and oxygen atoms in total. The third-order valence-corrected chi connectivity index (χ3v) is 6.12. The highest BCUT2D eigenvalue weighted by atomic mass is 35.5. The summed E-state index contributed by atoms with van der Waals surface area (Å²) in [6.45, 7) is -0.0636. The Morgan fingerprint density at radius 2 is 2.00 bits per heavy atom. The molecule has 0 saturated heterocycles. The van der Waals surface area contributed by atoms with Crippen molar-refractivity contribution in [3.63, 3.8) is 0 Å². The van der Waals surface area contributed by atoms with Gasteiger partial charge in [0, 0.05) is 30.8 Å². The van der Waals surface area contributed by atoms with Gasteiger partial charge in [0.05, 0.1) is 17.0 Å². The van der Waals surface area contributed by atoms with Crippen molar-refractivity contribution >= 4 is 44.8 Å². The van der Waals surface area contributed by atoms with Gasteiger partial charge in [-0.05, 0) is 48.4 Å². The Kier molecular flexibility index (Phi) is 6.41. The van der Waals surface area contributed by atoms with Gasteiger partial charge in [-0.3, -0.25) is 9.59 Å². The van der Waals surface area contributed by atoms with Crippen molar-refractivity contribution in [2.45, 2.75) is 24.2 Å².